The van der Waals surface area contributed by atoms with Crippen molar-refractivity contribution in [3.05, 3.63) is 41.5 Å². The summed E-state index contributed by atoms with van der Waals surface area (Å²) in [6.07, 6.45) is 1.74. The number of halogens is 4. The standard InChI is InChI=1S/C9H4F4N4O/c10-4-6(5(11)8(13)16-7(4)12)17-2-3(1-15-17)9(14)18/h1-2H,(H2,14,18). The van der Waals surface area contributed by atoms with Crippen LogP contribution in [0.2, 0.25) is 0 Å². The molecule has 0 aliphatic heterocycles. The highest BCUT2D eigenvalue weighted by molar-refractivity contribution is 5.92. The first-order valence-electron chi connectivity index (χ1n) is 4.46. The smallest absolute Gasteiger partial charge is 0.254 e. The van der Waals surface area contributed by atoms with E-state index in [1.54, 1.807) is 0 Å². The fourth-order valence-electron chi connectivity index (χ4n) is 1.25. The minimum Gasteiger partial charge on any atom is -0.366 e. The van der Waals surface area contributed by atoms with Gasteiger partial charge in [-0.1, -0.05) is 0 Å². The molecule has 0 aromatic carbocycles. The highest BCUT2D eigenvalue weighted by Crippen LogP contribution is 2.20. The van der Waals surface area contributed by atoms with Gasteiger partial charge in [-0.15, -0.1) is 0 Å². The second kappa shape index (κ2) is 4.09. The molecule has 9 heteroatoms. The Hall–Kier alpha value is -2.45. The molecular formula is C9H4F4N4O. The van der Waals surface area contributed by atoms with Gasteiger partial charge in [0.1, 0.15) is 5.69 Å². The lowest BCUT2D eigenvalue weighted by molar-refractivity contribution is 0.100. The number of carbonyl (C=O) groups excluding carboxylic acids is 1. The van der Waals surface area contributed by atoms with Gasteiger partial charge in [0.15, 0.2) is 0 Å². The Morgan fingerprint density at radius 3 is 2.17 bits per heavy atom. The monoisotopic (exact) mass is 260 g/mol. The molecule has 0 radical (unpaired) electrons. The Kier molecular flexibility index (Phi) is 2.73. The van der Waals surface area contributed by atoms with Crippen LogP contribution < -0.4 is 5.73 Å². The second-order valence-corrected chi connectivity index (χ2v) is 3.21. The summed E-state index contributed by atoms with van der Waals surface area (Å²) in [5.74, 6) is -8.00. The topological polar surface area (TPSA) is 73.8 Å². The van der Waals surface area contributed by atoms with E-state index in [-0.39, 0.29) is 5.56 Å². The number of pyridine rings is 1. The van der Waals surface area contributed by atoms with Crippen molar-refractivity contribution in [1.82, 2.24) is 14.8 Å². The predicted octanol–water partition coefficient (Wildman–Crippen LogP) is 0.923. The van der Waals surface area contributed by atoms with Gasteiger partial charge in [-0.3, -0.25) is 4.79 Å². The van der Waals surface area contributed by atoms with Crippen LogP contribution >= 0.6 is 0 Å². The number of amides is 1. The van der Waals surface area contributed by atoms with Gasteiger partial charge < -0.3 is 5.73 Å². The van der Waals surface area contributed by atoms with Crippen LogP contribution in [0.15, 0.2) is 12.4 Å². The quantitative estimate of drug-likeness (QED) is 0.644. The summed E-state index contributed by atoms with van der Waals surface area (Å²) in [6.45, 7) is 0. The number of primary amides is 1. The Morgan fingerprint density at radius 2 is 1.72 bits per heavy atom. The molecule has 2 aromatic rings. The first-order chi connectivity index (χ1) is 8.41. The number of rotatable bonds is 2. The van der Waals surface area contributed by atoms with Gasteiger partial charge in [0.05, 0.1) is 11.8 Å². The third kappa shape index (κ3) is 1.79. The van der Waals surface area contributed by atoms with Crippen LogP contribution in [0.1, 0.15) is 10.4 Å². The molecule has 0 atom stereocenters. The average molecular weight is 260 g/mol. The summed E-state index contributed by atoms with van der Waals surface area (Å²) in [5, 5.41) is 3.39. The Balaban J connectivity index is 2.66. The maximum absolute atomic E-state index is 13.3. The zero-order chi connectivity index (χ0) is 13.4. The molecule has 1 amide bonds. The van der Waals surface area contributed by atoms with Crippen molar-refractivity contribution in [3.8, 4) is 5.69 Å². The minimum absolute atomic E-state index is 0.175. The summed E-state index contributed by atoms with van der Waals surface area (Å²) < 4.78 is 52.8. The van der Waals surface area contributed by atoms with Crippen LogP contribution in [0, 0.1) is 23.5 Å². The van der Waals surface area contributed by atoms with Crippen LogP contribution in [0.25, 0.3) is 5.69 Å². The van der Waals surface area contributed by atoms with E-state index in [2.05, 4.69) is 10.1 Å². The van der Waals surface area contributed by atoms with Gasteiger partial charge in [-0.25, -0.2) is 4.68 Å². The molecule has 0 aliphatic carbocycles. The molecule has 0 bridgehead atoms. The van der Waals surface area contributed by atoms with Crippen molar-refractivity contribution in [1.29, 1.82) is 0 Å². The SMILES string of the molecule is NC(=O)c1cnn(-c2c(F)c(F)nc(F)c2F)c1. The molecule has 5 nitrogen and oxygen atoms in total. The average Bonchev–Trinajstić information content (AvgIpc) is 2.76. The lowest BCUT2D eigenvalue weighted by atomic mass is 10.3. The lowest BCUT2D eigenvalue weighted by Gasteiger charge is -2.05. The molecule has 0 fully saturated rings. The van der Waals surface area contributed by atoms with Crippen molar-refractivity contribution in [2.45, 2.75) is 0 Å². The zero-order valence-electron chi connectivity index (χ0n) is 8.49. The van der Waals surface area contributed by atoms with E-state index in [1.165, 1.54) is 0 Å². The summed E-state index contributed by atoms with van der Waals surface area (Å²) in [7, 11) is 0. The maximum Gasteiger partial charge on any atom is 0.254 e. The molecule has 18 heavy (non-hydrogen) atoms. The van der Waals surface area contributed by atoms with Crippen LogP contribution in [-0.2, 0) is 0 Å². The van der Waals surface area contributed by atoms with Gasteiger partial charge in [0.25, 0.3) is 17.8 Å². The van der Waals surface area contributed by atoms with Crippen molar-refractivity contribution >= 4 is 5.91 Å². The number of aromatic nitrogens is 3. The summed E-state index contributed by atoms with van der Waals surface area (Å²) in [6, 6.07) is 0. The second-order valence-electron chi connectivity index (χ2n) is 3.21. The highest BCUT2D eigenvalue weighted by atomic mass is 19.2. The molecule has 0 aliphatic rings. The Bertz CT molecular complexity index is 613. The first-order valence-corrected chi connectivity index (χ1v) is 4.46. The van der Waals surface area contributed by atoms with E-state index in [4.69, 9.17) is 5.73 Å². The third-order valence-electron chi connectivity index (χ3n) is 2.07. The van der Waals surface area contributed by atoms with E-state index in [1.807, 2.05) is 0 Å². The van der Waals surface area contributed by atoms with Crippen molar-refractivity contribution < 1.29 is 22.4 Å². The molecule has 0 saturated carbocycles. The fraction of sp³-hybridized carbons (Fsp3) is 0. The van der Waals surface area contributed by atoms with Gasteiger partial charge in [0, 0.05) is 6.20 Å². The van der Waals surface area contributed by atoms with E-state index in [0.717, 1.165) is 12.4 Å². The molecule has 2 heterocycles. The van der Waals surface area contributed by atoms with E-state index in [0.29, 0.717) is 4.68 Å². The Labute approximate surface area is 96.8 Å². The van der Waals surface area contributed by atoms with E-state index >= 15 is 0 Å². The minimum atomic E-state index is -1.82. The zero-order valence-corrected chi connectivity index (χ0v) is 8.49. The molecule has 2 N–H and O–H groups in total. The molecule has 0 saturated heterocycles. The number of nitrogens with two attached hydrogens (primary N) is 1. The van der Waals surface area contributed by atoms with Crippen molar-refractivity contribution in [2.24, 2.45) is 5.73 Å². The van der Waals surface area contributed by atoms with Gasteiger partial charge in [-0.2, -0.15) is 27.6 Å². The number of nitrogens with zero attached hydrogens (tertiary/aromatic N) is 3. The van der Waals surface area contributed by atoms with Crippen LogP contribution in [-0.4, -0.2) is 20.7 Å². The van der Waals surface area contributed by atoms with Crippen LogP contribution in [0.3, 0.4) is 0 Å². The van der Waals surface area contributed by atoms with E-state index in [9.17, 15) is 22.4 Å². The fourth-order valence-corrected chi connectivity index (χ4v) is 1.25. The van der Waals surface area contributed by atoms with Crippen LogP contribution in [0.4, 0.5) is 17.6 Å². The molecule has 2 aromatic heterocycles. The predicted molar refractivity (Wildman–Crippen MR) is 49.7 cm³/mol. The normalized spacial score (nSPS) is 10.7. The maximum atomic E-state index is 13.3. The molecular weight excluding hydrogens is 256 g/mol. The largest absolute Gasteiger partial charge is 0.366 e. The molecule has 94 valence electrons. The van der Waals surface area contributed by atoms with Gasteiger partial charge in [0.2, 0.25) is 11.6 Å². The van der Waals surface area contributed by atoms with Gasteiger partial charge in [-0.05, 0) is 0 Å². The number of hydrogen-bond donors (Lipinski definition) is 1. The lowest BCUT2D eigenvalue weighted by Crippen LogP contribution is -2.11. The first kappa shape index (κ1) is 12.0. The Morgan fingerprint density at radius 1 is 1.17 bits per heavy atom. The van der Waals surface area contributed by atoms with Crippen molar-refractivity contribution in [2.75, 3.05) is 0 Å². The summed E-state index contributed by atoms with van der Waals surface area (Å²) >= 11 is 0. The highest BCUT2D eigenvalue weighted by Gasteiger charge is 2.23. The van der Waals surface area contributed by atoms with Crippen LogP contribution in [0.5, 0.6) is 0 Å². The number of carbonyl (C=O) groups is 1. The molecule has 0 unspecified atom stereocenters. The molecule has 0 spiro atoms. The molecule has 2 rings (SSSR count). The van der Waals surface area contributed by atoms with Gasteiger partial charge >= 0.3 is 0 Å². The number of hydrogen-bond acceptors (Lipinski definition) is 3. The van der Waals surface area contributed by atoms with E-state index < -0.39 is 35.1 Å². The third-order valence-corrected chi connectivity index (χ3v) is 2.07. The van der Waals surface area contributed by atoms with Crippen molar-refractivity contribution in [3.63, 3.8) is 0 Å². The summed E-state index contributed by atoms with van der Waals surface area (Å²) in [5.41, 5.74) is 3.61. The summed E-state index contributed by atoms with van der Waals surface area (Å²) in [4.78, 5) is 13.2.